The standard InChI is InChI=1S/C17H25F2N4OP/c1-10(7-15(20)23-12-3-2-6-22-9-12)16(21)13-5-4-11(8-14(13)24)17(18,19)25/h4-5,7-8,12,22-24H,2-3,6,9,20-21,25H2,1H3/b15-7+,16-10-. The molecule has 25 heavy (non-hydrogen) atoms. The monoisotopic (exact) mass is 370 g/mol. The van der Waals surface area contributed by atoms with Crippen LogP contribution in [0.1, 0.15) is 30.9 Å². The molecule has 0 spiro atoms. The molecule has 0 aromatic heterocycles. The maximum atomic E-state index is 13.3. The molecule has 2 atom stereocenters. The van der Waals surface area contributed by atoms with Gasteiger partial charge in [-0.25, -0.2) is 0 Å². The van der Waals surface area contributed by atoms with Crippen molar-refractivity contribution < 1.29 is 13.9 Å². The minimum atomic E-state index is -3.11. The van der Waals surface area contributed by atoms with Gasteiger partial charge in [0.15, 0.2) is 0 Å². The average Bonchev–Trinajstić information content (AvgIpc) is 2.54. The van der Waals surface area contributed by atoms with Crippen LogP contribution >= 0.6 is 9.24 Å². The van der Waals surface area contributed by atoms with Crippen molar-refractivity contribution in [2.24, 2.45) is 11.5 Å². The highest BCUT2D eigenvalue weighted by Gasteiger charge is 2.25. The number of aromatic hydroxyl groups is 1. The Morgan fingerprint density at radius 3 is 2.72 bits per heavy atom. The number of alkyl halides is 2. The summed E-state index contributed by atoms with van der Waals surface area (Å²) >= 11 is 0. The molecular formula is C17H25F2N4OP. The number of halogens is 2. The second-order valence-electron chi connectivity index (χ2n) is 6.24. The molecule has 0 aliphatic carbocycles. The van der Waals surface area contributed by atoms with Crippen molar-refractivity contribution in [1.29, 1.82) is 0 Å². The number of phenolic OH excluding ortho intramolecular Hbond substituents is 1. The van der Waals surface area contributed by atoms with Gasteiger partial charge in [0, 0.05) is 29.4 Å². The zero-order chi connectivity index (χ0) is 18.6. The third kappa shape index (κ3) is 5.31. The van der Waals surface area contributed by atoms with Gasteiger partial charge in [-0.3, -0.25) is 0 Å². The fourth-order valence-electron chi connectivity index (χ4n) is 2.74. The summed E-state index contributed by atoms with van der Waals surface area (Å²) in [6, 6.07) is 3.89. The first-order valence-electron chi connectivity index (χ1n) is 8.10. The molecule has 2 rings (SSSR count). The second kappa shape index (κ2) is 8.02. The quantitative estimate of drug-likeness (QED) is 0.404. The van der Waals surface area contributed by atoms with E-state index in [4.69, 9.17) is 11.5 Å². The lowest BCUT2D eigenvalue weighted by molar-refractivity contribution is 0.103. The number of piperidine rings is 1. The molecule has 138 valence electrons. The van der Waals surface area contributed by atoms with Crippen molar-refractivity contribution >= 4 is 14.9 Å². The van der Waals surface area contributed by atoms with Crippen LogP contribution < -0.4 is 22.1 Å². The summed E-state index contributed by atoms with van der Waals surface area (Å²) in [6.07, 6.45) is 3.80. The molecule has 2 unspecified atom stereocenters. The van der Waals surface area contributed by atoms with Crippen LogP contribution in [0.4, 0.5) is 8.78 Å². The molecule has 5 nitrogen and oxygen atoms in total. The van der Waals surface area contributed by atoms with Crippen LogP contribution in [-0.2, 0) is 5.66 Å². The van der Waals surface area contributed by atoms with Crippen LogP contribution in [0.2, 0.25) is 0 Å². The summed E-state index contributed by atoms with van der Waals surface area (Å²) < 4.78 is 26.6. The Labute approximate surface area is 148 Å². The fraction of sp³-hybridized carbons (Fsp3) is 0.412. The molecule has 1 aromatic carbocycles. The molecule has 0 bridgehead atoms. The number of rotatable bonds is 5. The smallest absolute Gasteiger partial charge is 0.284 e. The summed E-state index contributed by atoms with van der Waals surface area (Å²) in [7, 11) is 1.44. The van der Waals surface area contributed by atoms with E-state index in [1.54, 1.807) is 13.0 Å². The molecule has 1 heterocycles. The van der Waals surface area contributed by atoms with Gasteiger partial charge in [0.1, 0.15) is 5.75 Å². The predicted molar refractivity (Wildman–Crippen MR) is 99.8 cm³/mol. The Bertz CT molecular complexity index is 680. The van der Waals surface area contributed by atoms with E-state index in [-0.39, 0.29) is 23.1 Å². The van der Waals surface area contributed by atoms with E-state index in [0.717, 1.165) is 32.0 Å². The number of allylic oxidation sites excluding steroid dienone is 2. The highest BCUT2D eigenvalue weighted by Crippen LogP contribution is 2.38. The summed E-state index contributed by atoms with van der Waals surface area (Å²) in [5.74, 6) is 0.176. The molecule has 0 radical (unpaired) electrons. The lowest BCUT2D eigenvalue weighted by atomic mass is 10.0. The van der Waals surface area contributed by atoms with Crippen molar-refractivity contribution in [2.75, 3.05) is 13.1 Å². The Morgan fingerprint density at radius 1 is 1.44 bits per heavy atom. The van der Waals surface area contributed by atoms with E-state index in [1.165, 1.54) is 21.4 Å². The minimum Gasteiger partial charge on any atom is -0.507 e. The first-order chi connectivity index (χ1) is 11.7. The summed E-state index contributed by atoms with van der Waals surface area (Å²) in [6.45, 7) is 3.61. The van der Waals surface area contributed by atoms with Crippen molar-refractivity contribution in [2.45, 2.75) is 31.5 Å². The van der Waals surface area contributed by atoms with Crippen LogP contribution in [0.15, 0.2) is 35.7 Å². The van der Waals surface area contributed by atoms with E-state index in [2.05, 4.69) is 10.6 Å². The van der Waals surface area contributed by atoms with Gasteiger partial charge < -0.3 is 27.2 Å². The van der Waals surface area contributed by atoms with Crippen molar-refractivity contribution in [3.05, 3.63) is 46.8 Å². The van der Waals surface area contributed by atoms with E-state index in [0.29, 0.717) is 17.0 Å². The molecule has 1 aliphatic heterocycles. The molecule has 1 saturated heterocycles. The number of hydrogen-bond acceptors (Lipinski definition) is 5. The van der Waals surface area contributed by atoms with Gasteiger partial charge in [0.25, 0.3) is 5.66 Å². The Balaban J connectivity index is 2.18. The fourth-order valence-corrected chi connectivity index (χ4v) is 2.92. The number of nitrogens with two attached hydrogens (primary N) is 2. The molecule has 0 saturated carbocycles. The predicted octanol–water partition coefficient (Wildman–Crippen LogP) is 2.15. The normalized spacial score (nSPS) is 20.2. The second-order valence-corrected chi connectivity index (χ2v) is 6.96. The van der Waals surface area contributed by atoms with Crippen LogP contribution in [0.25, 0.3) is 5.70 Å². The van der Waals surface area contributed by atoms with Crippen molar-refractivity contribution in [3.63, 3.8) is 0 Å². The zero-order valence-electron chi connectivity index (χ0n) is 14.2. The molecule has 7 N–H and O–H groups in total. The van der Waals surface area contributed by atoms with Gasteiger partial charge in [-0.15, -0.1) is 0 Å². The number of hydrogen-bond donors (Lipinski definition) is 5. The minimum absolute atomic E-state index is 0.260. The molecule has 1 aromatic rings. The third-order valence-corrected chi connectivity index (χ3v) is 4.47. The Kier molecular flexibility index (Phi) is 6.25. The van der Waals surface area contributed by atoms with Gasteiger partial charge in [-0.1, -0.05) is 15.3 Å². The van der Waals surface area contributed by atoms with Gasteiger partial charge in [-0.05, 0) is 50.1 Å². The van der Waals surface area contributed by atoms with Crippen LogP contribution in [0, 0.1) is 0 Å². The average molecular weight is 370 g/mol. The Hall–Kier alpha value is -1.85. The highest BCUT2D eigenvalue weighted by atomic mass is 31.0. The number of phenols is 1. The summed E-state index contributed by atoms with van der Waals surface area (Å²) in [5.41, 5.74) is 9.87. The highest BCUT2D eigenvalue weighted by molar-refractivity contribution is 7.17. The molecule has 1 fully saturated rings. The van der Waals surface area contributed by atoms with Crippen LogP contribution in [0.3, 0.4) is 0 Å². The topological polar surface area (TPSA) is 96.3 Å². The molecule has 8 heteroatoms. The first kappa shape index (κ1) is 19.5. The van der Waals surface area contributed by atoms with Gasteiger partial charge in [-0.2, -0.15) is 8.78 Å². The van der Waals surface area contributed by atoms with E-state index < -0.39 is 5.66 Å². The molecule has 0 amide bonds. The third-order valence-electron chi connectivity index (χ3n) is 4.14. The van der Waals surface area contributed by atoms with Crippen LogP contribution in [-0.4, -0.2) is 24.2 Å². The molecular weight excluding hydrogens is 345 g/mol. The largest absolute Gasteiger partial charge is 0.507 e. The Morgan fingerprint density at radius 2 is 2.16 bits per heavy atom. The van der Waals surface area contributed by atoms with Gasteiger partial charge in [0.05, 0.1) is 5.82 Å². The SMILES string of the molecule is CC(/C=C(\N)NC1CCCNC1)=C(/N)c1ccc(C(F)(F)P)cc1O. The summed E-state index contributed by atoms with van der Waals surface area (Å²) in [5, 5.41) is 16.5. The van der Waals surface area contributed by atoms with E-state index in [9.17, 15) is 13.9 Å². The summed E-state index contributed by atoms with van der Waals surface area (Å²) in [4.78, 5) is 0. The van der Waals surface area contributed by atoms with E-state index in [1.807, 2.05) is 0 Å². The van der Waals surface area contributed by atoms with Crippen molar-refractivity contribution in [3.8, 4) is 5.75 Å². The lowest BCUT2D eigenvalue weighted by Gasteiger charge is -2.24. The van der Waals surface area contributed by atoms with Crippen molar-refractivity contribution in [1.82, 2.24) is 10.6 Å². The number of nitrogens with one attached hydrogen (secondary N) is 2. The number of benzene rings is 1. The van der Waals surface area contributed by atoms with Gasteiger partial charge >= 0.3 is 0 Å². The van der Waals surface area contributed by atoms with Crippen LogP contribution in [0.5, 0.6) is 5.75 Å². The first-order valence-corrected chi connectivity index (χ1v) is 8.67. The van der Waals surface area contributed by atoms with Gasteiger partial charge in [0.2, 0.25) is 0 Å². The van der Waals surface area contributed by atoms with E-state index >= 15 is 0 Å². The lowest BCUT2D eigenvalue weighted by Crippen LogP contribution is -2.44. The maximum Gasteiger partial charge on any atom is 0.284 e. The maximum absolute atomic E-state index is 13.3. The molecule has 1 aliphatic rings. The zero-order valence-corrected chi connectivity index (χ0v) is 15.3.